The van der Waals surface area contributed by atoms with Crippen molar-refractivity contribution in [2.75, 3.05) is 20.3 Å². The fraction of sp³-hybridized carbons (Fsp3) is 0.182. The standard InChI is InChI=1S/C22H20ClNO5S/c1-3-4-14-5-7-18(19(11-14)27-2)29-10-9-28-17-8-6-16(23)12-15(17)13-20-21(25)24-22(26)30-20/h3,5-8,11-13H,1,4,9-10H2,2H3,(H,24,25,26). The molecule has 0 bridgehead atoms. The Morgan fingerprint density at radius 2 is 1.80 bits per heavy atom. The summed E-state index contributed by atoms with van der Waals surface area (Å²) in [5, 5.41) is 2.30. The Morgan fingerprint density at radius 1 is 1.07 bits per heavy atom. The topological polar surface area (TPSA) is 73.9 Å². The number of carbonyl (C=O) groups excluding carboxylic acids is 2. The quantitative estimate of drug-likeness (QED) is 0.337. The maximum atomic E-state index is 11.8. The van der Waals surface area contributed by atoms with Gasteiger partial charge < -0.3 is 14.2 Å². The maximum absolute atomic E-state index is 11.8. The molecule has 0 radical (unpaired) electrons. The Bertz CT molecular complexity index is 1010. The second-order valence-electron chi connectivity index (χ2n) is 6.21. The molecule has 0 aliphatic carbocycles. The number of nitrogens with one attached hydrogen (secondary N) is 1. The summed E-state index contributed by atoms with van der Waals surface area (Å²) in [6, 6.07) is 10.8. The van der Waals surface area contributed by atoms with Gasteiger partial charge in [0.05, 0.1) is 12.0 Å². The molecule has 1 heterocycles. The van der Waals surface area contributed by atoms with E-state index in [1.165, 1.54) is 0 Å². The van der Waals surface area contributed by atoms with Crippen LogP contribution >= 0.6 is 23.4 Å². The summed E-state index contributed by atoms with van der Waals surface area (Å²) in [5.74, 6) is 1.34. The van der Waals surface area contributed by atoms with Gasteiger partial charge in [-0.1, -0.05) is 23.7 Å². The molecule has 2 aromatic rings. The zero-order chi connectivity index (χ0) is 21.5. The molecule has 2 amide bonds. The molecule has 0 aromatic heterocycles. The molecule has 1 aliphatic rings. The van der Waals surface area contributed by atoms with Crippen molar-refractivity contribution in [3.05, 3.63) is 70.1 Å². The Labute approximate surface area is 183 Å². The number of halogens is 1. The molecule has 1 saturated heterocycles. The predicted molar refractivity (Wildman–Crippen MR) is 118 cm³/mol. The highest BCUT2D eigenvalue weighted by Gasteiger charge is 2.25. The summed E-state index contributed by atoms with van der Waals surface area (Å²) in [7, 11) is 1.59. The van der Waals surface area contributed by atoms with Gasteiger partial charge in [-0.3, -0.25) is 14.9 Å². The summed E-state index contributed by atoms with van der Waals surface area (Å²) in [6.07, 6.45) is 4.15. The highest BCUT2D eigenvalue weighted by Crippen LogP contribution is 2.31. The first-order valence-corrected chi connectivity index (χ1v) is 10.3. The van der Waals surface area contributed by atoms with Crippen LogP contribution in [-0.2, 0) is 11.2 Å². The molecule has 6 nitrogen and oxygen atoms in total. The second-order valence-corrected chi connectivity index (χ2v) is 7.66. The van der Waals surface area contributed by atoms with Crippen LogP contribution < -0.4 is 19.5 Å². The molecule has 1 fully saturated rings. The first-order chi connectivity index (χ1) is 14.5. The van der Waals surface area contributed by atoms with Gasteiger partial charge in [0.2, 0.25) is 0 Å². The maximum Gasteiger partial charge on any atom is 0.290 e. The highest BCUT2D eigenvalue weighted by molar-refractivity contribution is 8.18. The van der Waals surface area contributed by atoms with E-state index in [9.17, 15) is 9.59 Å². The van der Waals surface area contributed by atoms with Gasteiger partial charge in [-0.05, 0) is 60.2 Å². The smallest absolute Gasteiger partial charge is 0.290 e. The Hall–Kier alpha value is -2.90. The lowest BCUT2D eigenvalue weighted by atomic mass is 10.1. The number of allylic oxidation sites excluding steroid dienone is 1. The minimum Gasteiger partial charge on any atom is -0.493 e. The molecular formula is C22H20ClNO5S. The van der Waals surface area contributed by atoms with Crippen LogP contribution in [0.3, 0.4) is 0 Å². The summed E-state index contributed by atoms with van der Waals surface area (Å²) in [4.78, 5) is 23.4. The number of carbonyl (C=O) groups is 2. The van der Waals surface area contributed by atoms with Crippen LogP contribution in [0.1, 0.15) is 11.1 Å². The number of amides is 2. The predicted octanol–water partition coefficient (Wildman–Crippen LogP) is 4.86. The van der Waals surface area contributed by atoms with Crippen molar-refractivity contribution in [3.8, 4) is 17.2 Å². The Morgan fingerprint density at radius 3 is 2.47 bits per heavy atom. The van der Waals surface area contributed by atoms with E-state index in [1.807, 2.05) is 24.3 Å². The van der Waals surface area contributed by atoms with Gasteiger partial charge in [0, 0.05) is 10.6 Å². The van der Waals surface area contributed by atoms with E-state index in [2.05, 4.69) is 11.9 Å². The van der Waals surface area contributed by atoms with E-state index in [1.54, 1.807) is 31.4 Å². The van der Waals surface area contributed by atoms with Gasteiger partial charge in [-0.15, -0.1) is 6.58 Å². The van der Waals surface area contributed by atoms with Crippen molar-refractivity contribution in [1.29, 1.82) is 0 Å². The molecule has 0 unspecified atom stereocenters. The molecule has 2 aromatic carbocycles. The minimum atomic E-state index is -0.439. The van der Waals surface area contributed by atoms with Gasteiger partial charge in [-0.25, -0.2) is 0 Å². The third-order valence-corrected chi connectivity index (χ3v) is 5.15. The molecule has 30 heavy (non-hydrogen) atoms. The zero-order valence-electron chi connectivity index (χ0n) is 16.3. The van der Waals surface area contributed by atoms with Crippen molar-refractivity contribution in [1.82, 2.24) is 5.32 Å². The molecule has 0 atom stereocenters. The summed E-state index contributed by atoms with van der Waals surface area (Å²) >= 11 is 6.91. The van der Waals surface area contributed by atoms with E-state index in [0.29, 0.717) is 27.8 Å². The molecule has 1 aliphatic heterocycles. The van der Waals surface area contributed by atoms with E-state index in [0.717, 1.165) is 23.7 Å². The molecule has 156 valence electrons. The fourth-order valence-electron chi connectivity index (χ4n) is 2.75. The van der Waals surface area contributed by atoms with Crippen molar-refractivity contribution in [2.24, 2.45) is 0 Å². The minimum absolute atomic E-state index is 0.258. The molecule has 0 saturated carbocycles. The van der Waals surface area contributed by atoms with Crippen molar-refractivity contribution >= 4 is 40.6 Å². The first kappa shape index (κ1) is 21.8. The monoisotopic (exact) mass is 445 g/mol. The van der Waals surface area contributed by atoms with E-state index in [-0.39, 0.29) is 18.1 Å². The third-order valence-electron chi connectivity index (χ3n) is 4.11. The lowest BCUT2D eigenvalue weighted by molar-refractivity contribution is -0.115. The zero-order valence-corrected chi connectivity index (χ0v) is 17.8. The number of methoxy groups -OCH3 is 1. The van der Waals surface area contributed by atoms with E-state index < -0.39 is 11.1 Å². The van der Waals surface area contributed by atoms with E-state index >= 15 is 0 Å². The Balaban J connectivity index is 1.64. The average molecular weight is 446 g/mol. The van der Waals surface area contributed by atoms with Crippen molar-refractivity contribution < 1.29 is 23.8 Å². The summed E-state index contributed by atoms with van der Waals surface area (Å²) < 4.78 is 17.0. The van der Waals surface area contributed by atoms with Crippen LogP contribution in [0.5, 0.6) is 17.2 Å². The number of thioether (sulfide) groups is 1. The lowest BCUT2D eigenvalue weighted by Gasteiger charge is -2.13. The number of benzene rings is 2. The third kappa shape index (κ3) is 5.58. The van der Waals surface area contributed by atoms with Gasteiger partial charge in [0.1, 0.15) is 19.0 Å². The molecule has 0 spiro atoms. The Kier molecular flexibility index (Phi) is 7.43. The largest absolute Gasteiger partial charge is 0.493 e. The highest BCUT2D eigenvalue weighted by atomic mass is 35.5. The van der Waals surface area contributed by atoms with Gasteiger partial charge in [0.25, 0.3) is 11.1 Å². The number of imide groups is 1. The van der Waals surface area contributed by atoms with Crippen LogP contribution in [0, 0.1) is 0 Å². The average Bonchev–Trinajstić information content (AvgIpc) is 3.04. The normalized spacial score (nSPS) is 14.5. The number of hydrogen-bond donors (Lipinski definition) is 1. The fourth-order valence-corrected chi connectivity index (χ4v) is 3.61. The summed E-state index contributed by atoms with van der Waals surface area (Å²) in [5.41, 5.74) is 1.68. The van der Waals surface area contributed by atoms with Gasteiger partial charge in [0.15, 0.2) is 11.5 Å². The molecule has 1 N–H and O–H groups in total. The van der Waals surface area contributed by atoms with Crippen molar-refractivity contribution in [3.63, 3.8) is 0 Å². The lowest BCUT2D eigenvalue weighted by Crippen LogP contribution is -2.17. The first-order valence-electron chi connectivity index (χ1n) is 9.08. The second kappa shape index (κ2) is 10.2. The van der Waals surface area contributed by atoms with E-state index in [4.69, 9.17) is 25.8 Å². The van der Waals surface area contributed by atoms with Crippen LogP contribution in [0.25, 0.3) is 6.08 Å². The SMILES string of the molecule is C=CCc1ccc(OCCOc2ccc(Cl)cc2C=C2SC(=O)NC2=O)c(OC)c1. The molecule has 8 heteroatoms. The molecular weight excluding hydrogens is 426 g/mol. The number of ether oxygens (including phenoxy) is 3. The van der Waals surface area contributed by atoms with Crippen molar-refractivity contribution in [2.45, 2.75) is 6.42 Å². The number of hydrogen-bond acceptors (Lipinski definition) is 6. The van der Waals surface area contributed by atoms with Crippen LogP contribution in [-0.4, -0.2) is 31.5 Å². The van der Waals surface area contributed by atoms with Crippen LogP contribution in [0.2, 0.25) is 5.02 Å². The van der Waals surface area contributed by atoms with Crippen LogP contribution in [0.4, 0.5) is 4.79 Å². The van der Waals surface area contributed by atoms with Gasteiger partial charge >= 0.3 is 0 Å². The van der Waals surface area contributed by atoms with Crippen LogP contribution in [0.15, 0.2) is 54.0 Å². The number of rotatable bonds is 9. The summed E-state index contributed by atoms with van der Waals surface area (Å²) in [6.45, 7) is 4.27. The molecule has 3 rings (SSSR count). The van der Waals surface area contributed by atoms with Gasteiger partial charge in [-0.2, -0.15) is 0 Å².